The largest absolute Gasteiger partial charge is 0.468 e. The first-order valence-electron chi connectivity index (χ1n) is 7.21. The number of halogens is 1. The van der Waals surface area contributed by atoms with Gasteiger partial charge in [-0.15, -0.1) is 11.8 Å². The first kappa shape index (κ1) is 16.6. The Kier molecular flexibility index (Phi) is 5.90. The van der Waals surface area contributed by atoms with Gasteiger partial charge in [0.1, 0.15) is 5.54 Å². The molecule has 1 saturated carbocycles. The lowest BCUT2D eigenvalue weighted by molar-refractivity contribution is -0.150. The summed E-state index contributed by atoms with van der Waals surface area (Å²) < 4.78 is 5.02. The van der Waals surface area contributed by atoms with Crippen LogP contribution in [0.15, 0.2) is 23.4 Å². The Hall–Kier alpha value is -0.780. The average Bonchev–Trinajstić information content (AvgIpc) is 2.49. The van der Waals surface area contributed by atoms with E-state index < -0.39 is 5.54 Å². The average molecular weight is 329 g/mol. The lowest BCUT2D eigenvalue weighted by Gasteiger charge is -2.38. The van der Waals surface area contributed by atoms with Gasteiger partial charge in [-0.05, 0) is 44.4 Å². The number of ether oxygens (including phenoxy) is 1. The molecule has 6 heteroatoms. The number of nitrogens with zero attached hydrogens (tertiary/aromatic N) is 1. The Morgan fingerprint density at radius 3 is 3.05 bits per heavy atom. The van der Waals surface area contributed by atoms with Gasteiger partial charge in [-0.2, -0.15) is 0 Å². The van der Waals surface area contributed by atoms with Crippen LogP contribution in [0.4, 0.5) is 0 Å². The lowest BCUT2D eigenvalue weighted by Crippen LogP contribution is -2.55. The minimum absolute atomic E-state index is 0.154. The number of hydrogen-bond donors (Lipinski definition) is 1. The van der Waals surface area contributed by atoms with E-state index in [-0.39, 0.29) is 5.97 Å². The SMILES string of the molecule is CCNC1(C(=O)OC)CCCC(Sc2ccc(Cl)cn2)C1. The Bertz CT molecular complexity index is 479. The summed E-state index contributed by atoms with van der Waals surface area (Å²) in [5.41, 5.74) is -0.550. The highest BCUT2D eigenvalue weighted by molar-refractivity contribution is 7.99. The van der Waals surface area contributed by atoms with Crippen LogP contribution in [0.25, 0.3) is 0 Å². The van der Waals surface area contributed by atoms with Crippen molar-refractivity contribution in [2.75, 3.05) is 13.7 Å². The first-order chi connectivity index (χ1) is 10.1. The van der Waals surface area contributed by atoms with Crippen molar-refractivity contribution in [1.82, 2.24) is 10.3 Å². The molecule has 1 aliphatic rings. The molecule has 1 N–H and O–H groups in total. The molecule has 4 nitrogen and oxygen atoms in total. The van der Waals surface area contributed by atoms with Crippen LogP contribution >= 0.6 is 23.4 Å². The molecule has 1 fully saturated rings. The summed E-state index contributed by atoms with van der Waals surface area (Å²) >= 11 is 7.57. The fourth-order valence-electron chi connectivity index (χ4n) is 2.88. The molecule has 21 heavy (non-hydrogen) atoms. The number of likely N-dealkylation sites (N-methyl/N-ethyl adjacent to an activating group) is 1. The molecule has 0 spiro atoms. The molecule has 1 aromatic heterocycles. The van der Waals surface area contributed by atoms with Gasteiger partial charge in [0, 0.05) is 11.4 Å². The minimum atomic E-state index is -0.550. The third-order valence-corrected chi connectivity index (χ3v) is 5.23. The number of esters is 1. The highest BCUT2D eigenvalue weighted by Crippen LogP contribution is 2.38. The number of nitrogens with one attached hydrogen (secondary N) is 1. The number of pyridine rings is 1. The van der Waals surface area contributed by atoms with E-state index in [0.29, 0.717) is 10.3 Å². The number of carbonyl (C=O) groups excluding carboxylic acids is 1. The van der Waals surface area contributed by atoms with E-state index in [4.69, 9.17) is 16.3 Å². The second-order valence-corrected chi connectivity index (χ2v) is 7.01. The summed E-state index contributed by atoms with van der Waals surface area (Å²) in [6.07, 6.45) is 5.35. The molecular weight excluding hydrogens is 308 g/mol. The van der Waals surface area contributed by atoms with Gasteiger partial charge in [-0.25, -0.2) is 4.98 Å². The van der Waals surface area contributed by atoms with Gasteiger partial charge in [0.05, 0.1) is 17.2 Å². The Labute approximate surface area is 135 Å². The highest BCUT2D eigenvalue weighted by atomic mass is 35.5. The van der Waals surface area contributed by atoms with Crippen molar-refractivity contribution in [2.24, 2.45) is 0 Å². The summed E-state index contributed by atoms with van der Waals surface area (Å²) in [5.74, 6) is -0.154. The van der Waals surface area contributed by atoms with Crippen molar-refractivity contribution in [1.29, 1.82) is 0 Å². The van der Waals surface area contributed by atoms with Crippen LogP contribution in [-0.4, -0.2) is 35.4 Å². The molecule has 2 rings (SSSR count). The number of rotatable bonds is 5. The minimum Gasteiger partial charge on any atom is -0.468 e. The topological polar surface area (TPSA) is 51.2 Å². The smallest absolute Gasteiger partial charge is 0.326 e. The number of aromatic nitrogens is 1. The fraction of sp³-hybridized carbons (Fsp3) is 0.600. The monoisotopic (exact) mass is 328 g/mol. The van der Waals surface area contributed by atoms with Gasteiger partial charge in [0.15, 0.2) is 0 Å². The zero-order valence-corrected chi connectivity index (χ0v) is 14.0. The molecule has 116 valence electrons. The number of carbonyl (C=O) groups is 1. The van der Waals surface area contributed by atoms with Crippen LogP contribution in [0, 0.1) is 0 Å². The van der Waals surface area contributed by atoms with Gasteiger partial charge in [-0.1, -0.05) is 18.5 Å². The maximum Gasteiger partial charge on any atom is 0.326 e. The van der Waals surface area contributed by atoms with Crippen molar-refractivity contribution in [3.63, 3.8) is 0 Å². The summed E-state index contributed by atoms with van der Waals surface area (Å²) in [5, 5.41) is 5.28. The third kappa shape index (κ3) is 4.11. The van der Waals surface area contributed by atoms with E-state index in [0.717, 1.165) is 37.3 Å². The van der Waals surface area contributed by atoms with Crippen LogP contribution in [0.5, 0.6) is 0 Å². The fourth-order valence-corrected chi connectivity index (χ4v) is 4.25. The van der Waals surface area contributed by atoms with Crippen LogP contribution in [0.1, 0.15) is 32.6 Å². The molecule has 2 atom stereocenters. The molecule has 0 aliphatic heterocycles. The second-order valence-electron chi connectivity index (χ2n) is 5.25. The molecule has 0 saturated heterocycles. The first-order valence-corrected chi connectivity index (χ1v) is 8.47. The van der Waals surface area contributed by atoms with Crippen molar-refractivity contribution >= 4 is 29.3 Å². The molecule has 1 heterocycles. The van der Waals surface area contributed by atoms with Crippen LogP contribution in [-0.2, 0) is 9.53 Å². The normalized spacial score (nSPS) is 25.6. The van der Waals surface area contributed by atoms with Crippen LogP contribution in [0.3, 0.4) is 0 Å². The second kappa shape index (κ2) is 7.47. The van der Waals surface area contributed by atoms with E-state index in [9.17, 15) is 4.79 Å². The number of hydrogen-bond acceptors (Lipinski definition) is 5. The van der Waals surface area contributed by atoms with Crippen LogP contribution < -0.4 is 5.32 Å². The van der Waals surface area contributed by atoms with Gasteiger partial charge in [0.25, 0.3) is 0 Å². The number of methoxy groups -OCH3 is 1. The molecule has 0 radical (unpaired) electrons. The molecule has 1 aliphatic carbocycles. The van der Waals surface area contributed by atoms with Gasteiger partial charge >= 0.3 is 5.97 Å². The molecular formula is C15H21ClN2O2S. The Balaban J connectivity index is 2.07. The zero-order chi connectivity index (χ0) is 15.3. The predicted molar refractivity (Wildman–Crippen MR) is 85.8 cm³/mol. The third-order valence-electron chi connectivity index (χ3n) is 3.78. The van der Waals surface area contributed by atoms with Crippen molar-refractivity contribution < 1.29 is 9.53 Å². The summed E-state index contributed by atoms with van der Waals surface area (Å²) in [7, 11) is 1.46. The van der Waals surface area contributed by atoms with E-state index in [1.54, 1.807) is 18.0 Å². The highest BCUT2D eigenvalue weighted by Gasteiger charge is 2.43. The van der Waals surface area contributed by atoms with Crippen molar-refractivity contribution in [3.05, 3.63) is 23.4 Å². The molecule has 0 bridgehead atoms. The standard InChI is InChI=1S/C15H21ClN2O2S/c1-3-18-15(14(19)20-2)8-4-5-12(9-15)21-13-7-6-11(16)10-17-13/h6-7,10,12,18H,3-5,8-9H2,1-2H3. The molecule has 0 amide bonds. The van der Waals surface area contributed by atoms with E-state index >= 15 is 0 Å². The summed E-state index contributed by atoms with van der Waals surface area (Å²) in [6, 6.07) is 3.77. The zero-order valence-electron chi connectivity index (χ0n) is 12.4. The van der Waals surface area contributed by atoms with Crippen molar-refractivity contribution in [2.45, 2.75) is 48.4 Å². The molecule has 2 unspecified atom stereocenters. The summed E-state index contributed by atoms with van der Waals surface area (Å²) in [6.45, 7) is 2.77. The van der Waals surface area contributed by atoms with Gasteiger partial charge in [0.2, 0.25) is 0 Å². The predicted octanol–water partition coefficient (Wildman–Crippen LogP) is 3.29. The maximum absolute atomic E-state index is 12.2. The lowest BCUT2D eigenvalue weighted by atomic mass is 9.81. The Morgan fingerprint density at radius 1 is 1.62 bits per heavy atom. The maximum atomic E-state index is 12.2. The van der Waals surface area contributed by atoms with Gasteiger partial charge < -0.3 is 10.1 Å². The Morgan fingerprint density at radius 2 is 2.43 bits per heavy atom. The summed E-state index contributed by atoms with van der Waals surface area (Å²) in [4.78, 5) is 16.5. The quantitative estimate of drug-likeness (QED) is 0.840. The van der Waals surface area contributed by atoms with Crippen LogP contribution in [0.2, 0.25) is 5.02 Å². The van der Waals surface area contributed by atoms with Gasteiger partial charge in [-0.3, -0.25) is 4.79 Å². The van der Waals surface area contributed by atoms with Crippen molar-refractivity contribution in [3.8, 4) is 0 Å². The van der Waals surface area contributed by atoms with E-state index in [2.05, 4.69) is 10.3 Å². The number of thioether (sulfide) groups is 1. The molecule has 0 aromatic carbocycles. The van der Waals surface area contributed by atoms with E-state index in [1.807, 2.05) is 19.1 Å². The van der Waals surface area contributed by atoms with E-state index in [1.165, 1.54) is 7.11 Å². The molecule has 1 aromatic rings.